The third-order valence-electron chi connectivity index (χ3n) is 3.10. The molecule has 0 radical (unpaired) electrons. The van der Waals surface area contributed by atoms with E-state index in [1.165, 1.54) is 0 Å². The first kappa shape index (κ1) is 18.0. The third kappa shape index (κ3) is 7.08. The lowest BCUT2D eigenvalue weighted by atomic mass is 10.1. The lowest BCUT2D eigenvalue weighted by Crippen LogP contribution is -2.41. The zero-order chi connectivity index (χ0) is 16.2. The molecule has 1 aromatic carbocycles. The Hall–Kier alpha value is -2.08. The van der Waals surface area contributed by atoms with Crippen LogP contribution >= 0.6 is 0 Å². The van der Waals surface area contributed by atoms with Crippen LogP contribution in [0.2, 0.25) is 0 Å². The Balaban J connectivity index is 2.25. The van der Waals surface area contributed by atoms with Crippen LogP contribution in [-0.2, 0) is 4.79 Å². The Morgan fingerprint density at radius 1 is 1.05 bits per heavy atom. The first-order valence-corrected chi connectivity index (χ1v) is 7.69. The maximum absolute atomic E-state index is 11.9. The van der Waals surface area contributed by atoms with E-state index in [1.807, 2.05) is 6.92 Å². The average Bonchev–Trinajstić information content (AvgIpc) is 2.53. The molecule has 0 saturated carbocycles. The largest absolute Gasteiger partial charge is 0.494 e. The SMILES string of the molecule is CCOc1ccc(C(=O)NNC(=O)CCCCCCN)cc1. The van der Waals surface area contributed by atoms with Crippen molar-refractivity contribution < 1.29 is 14.3 Å². The van der Waals surface area contributed by atoms with Crippen LogP contribution in [0.1, 0.15) is 49.4 Å². The molecular weight excluding hydrogens is 282 g/mol. The summed E-state index contributed by atoms with van der Waals surface area (Å²) in [6.45, 7) is 3.16. The van der Waals surface area contributed by atoms with Gasteiger partial charge in [-0.2, -0.15) is 0 Å². The Labute approximate surface area is 131 Å². The molecule has 2 amide bonds. The Bertz CT molecular complexity index is 460. The molecule has 4 N–H and O–H groups in total. The number of carbonyl (C=O) groups is 2. The molecule has 0 spiro atoms. The summed E-state index contributed by atoms with van der Waals surface area (Å²) in [5.41, 5.74) is 10.7. The Morgan fingerprint density at radius 2 is 1.73 bits per heavy atom. The van der Waals surface area contributed by atoms with E-state index in [2.05, 4.69) is 10.9 Å². The summed E-state index contributed by atoms with van der Waals surface area (Å²) in [5.74, 6) is 0.173. The van der Waals surface area contributed by atoms with Crippen LogP contribution in [0.3, 0.4) is 0 Å². The van der Waals surface area contributed by atoms with Gasteiger partial charge in [0.25, 0.3) is 5.91 Å². The summed E-state index contributed by atoms with van der Waals surface area (Å²) in [6, 6.07) is 6.74. The summed E-state index contributed by atoms with van der Waals surface area (Å²) in [6.07, 6.45) is 4.18. The highest BCUT2D eigenvalue weighted by molar-refractivity contribution is 5.95. The number of hydrogen-bond donors (Lipinski definition) is 3. The fourth-order valence-corrected chi connectivity index (χ4v) is 1.91. The molecule has 22 heavy (non-hydrogen) atoms. The van der Waals surface area contributed by atoms with E-state index < -0.39 is 0 Å². The smallest absolute Gasteiger partial charge is 0.269 e. The van der Waals surface area contributed by atoms with Crippen LogP contribution in [0.25, 0.3) is 0 Å². The highest BCUT2D eigenvalue weighted by atomic mass is 16.5. The van der Waals surface area contributed by atoms with E-state index >= 15 is 0 Å². The minimum atomic E-state index is -0.348. The first-order valence-electron chi connectivity index (χ1n) is 7.69. The molecule has 6 nitrogen and oxygen atoms in total. The van der Waals surface area contributed by atoms with Gasteiger partial charge in [0.1, 0.15) is 5.75 Å². The molecule has 0 unspecified atom stereocenters. The zero-order valence-corrected chi connectivity index (χ0v) is 13.1. The second kappa shape index (κ2) is 10.6. The molecule has 0 saturated heterocycles. The van der Waals surface area contributed by atoms with Crippen LogP contribution < -0.4 is 21.3 Å². The third-order valence-corrected chi connectivity index (χ3v) is 3.10. The zero-order valence-electron chi connectivity index (χ0n) is 13.1. The van der Waals surface area contributed by atoms with Crippen molar-refractivity contribution in [3.63, 3.8) is 0 Å². The van der Waals surface area contributed by atoms with E-state index in [0.717, 1.165) is 25.7 Å². The van der Waals surface area contributed by atoms with Crippen molar-refractivity contribution >= 4 is 11.8 Å². The number of nitrogens with one attached hydrogen (secondary N) is 2. The quantitative estimate of drug-likeness (QED) is 0.478. The van der Waals surface area contributed by atoms with E-state index in [-0.39, 0.29) is 11.8 Å². The predicted octanol–water partition coefficient (Wildman–Crippen LogP) is 1.76. The number of carbonyl (C=O) groups excluding carboxylic acids is 2. The van der Waals surface area contributed by atoms with Crippen molar-refractivity contribution in [2.75, 3.05) is 13.2 Å². The normalized spacial score (nSPS) is 10.1. The van der Waals surface area contributed by atoms with Gasteiger partial charge in [0.05, 0.1) is 6.61 Å². The molecule has 1 aromatic rings. The summed E-state index contributed by atoms with van der Waals surface area (Å²) in [5, 5.41) is 0. The molecule has 122 valence electrons. The van der Waals surface area contributed by atoms with E-state index in [1.54, 1.807) is 24.3 Å². The average molecular weight is 307 g/mol. The summed E-state index contributed by atoms with van der Waals surface area (Å²) < 4.78 is 5.30. The van der Waals surface area contributed by atoms with Gasteiger partial charge in [0.2, 0.25) is 5.91 Å². The molecule has 0 atom stereocenters. The minimum Gasteiger partial charge on any atom is -0.494 e. The maximum Gasteiger partial charge on any atom is 0.269 e. The lowest BCUT2D eigenvalue weighted by Gasteiger charge is -2.08. The number of nitrogens with two attached hydrogens (primary N) is 1. The number of hydrogen-bond acceptors (Lipinski definition) is 4. The molecule has 0 fully saturated rings. The number of rotatable bonds is 9. The van der Waals surface area contributed by atoms with Gasteiger partial charge in [-0.3, -0.25) is 20.4 Å². The molecule has 0 aromatic heterocycles. The number of ether oxygens (including phenoxy) is 1. The molecule has 0 aliphatic carbocycles. The topological polar surface area (TPSA) is 93.5 Å². The van der Waals surface area contributed by atoms with Gasteiger partial charge < -0.3 is 10.5 Å². The summed E-state index contributed by atoms with van der Waals surface area (Å²) >= 11 is 0. The van der Waals surface area contributed by atoms with Crippen LogP contribution in [0.4, 0.5) is 0 Å². The van der Waals surface area contributed by atoms with Gasteiger partial charge >= 0.3 is 0 Å². The number of amides is 2. The molecular formula is C16H25N3O3. The van der Waals surface area contributed by atoms with Crippen molar-refractivity contribution in [3.8, 4) is 5.75 Å². The van der Waals surface area contributed by atoms with E-state index in [9.17, 15) is 9.59 Å². The van der Waals surface area contributed by atoms with Crippen LogP contribution in [0, 0.1) is 0 Å². The molecule has 0 aliphatic heterocycles. The molecule has 1 rings (SSSR count). The highest BCUT2D eigenvalue weighted by Crippen LogP contribution is 2.11. The second-order valence-electron chi connectivity index (χ2n) is 4.91. The van der Waals surface area contributed by atoms with E-state index in [4.69, 9.17) is 10.5 Å². The maximum atomic E-state index is 11.9. The van der Waals surface area contributed by atoms with Crippen molar-refractivity contribution in [1.82, 2.24) is 10.9 Å². The molecule has 6 heteroatoms. The fraction of sp³-hybridized carbons (Fsp3) is 0.500. The predicted molar refractivity (Wildman–Crippen MR) is 85.4 cm³/mol. The highest BCUT2D eigenvalue weighted by Gasteiger charge is 2.07. The number of benzene rings is 1. The van der Waals surface area contributed by atoms with E-state index in [0.29, 0.717) is 30.9 Å². The van der Waals surface area contributed by atoms with Crippen LogP contribution in [0.15, 0.2) is 24.3 Å². The minimum absolute atomic E-state index is 0.188. The van der Waals surface area contributed by atoms with Gasteiger partial charge in [-0.15, -0.1) is 0 Å². The molecule has 0 heterocycles. The Kier molecular flexibility index (Phi) is 8.67. The fourth-order valence-electron chi connectivity index (χ4n) is 1.91. The van der Waals surface area contributed by atoms with Gasteiger partial charge in [0.15, 0.2) is 0 Å². The monoisotopic (exact) mass is 307 g/mol. The van der Waals surface area contributed by atoms with Crippen molar-refractivity contribution in [2.24, 2.45) is 5.73 Å². The molecule has 0 bridgehead atoms. The van der Waals surface area contributed by atoms with Gasteiger partial charge in [-0.1, -0.05) is 12.8 Å². The standard InChI is InChI=1S/C16H25N3O3/c1-2-22-14-10-8-13(9-11-14)16(21)19-18-15(20)7-5-3-4-6-12-17/h8-11H,2-7,12,17H2,1H3,(H,18,20)(H,19,21). The number of unbranched alkanes of at least 4 members (excludes halogenated alkanes) is 3. The first-order chi connectivity index (χ1) is 10.7. The van der Waals surface area contributed by atoms with Crippen molar-refractivity contribution in [3.05, 3.63) is 29.8 Å². The van der Waals surface area contributed by atoms with Crippen molar-refractivity contribution in [1.29, 1.82) is 0 Å². The van der Waals surface area contributed by atoms with Gasteiger partial charge in [0, 0.05) is 12.0 Å². The second-order valence-corrected chi connectivity index (χ2v) is 4.91. The lowest BCUT2D eigenvalue weighted by molar-refractivity contribution is -0.122. The summed E-state index contributed by atoms with van der Waals surface area (Å²) in [7, 11) is 0. The van der Waals surface area contributed by atoms with Crippen LogP contribution in [-0.4, -0.2) is 25.0 Å². The number of hydrazine groups is 1. The van der Waals surface area contributed by atoms with Gasteiger partial charge in [-0.05, 0) is 50.6 Å². The van der Waals surface area contributed by atoms with Gasteiger partial charge in [-0.25, -0.2) is 0 Å². The molecule has 0 aliphatic rings. The summed E-state index contributed by atoms with van der Waals surface area (Å²) in [4.78, 5) is 23.4. The van der Waals surface area contributed by atoms with Crippen molar-refractivity contribution in [2.45, 2.75) is 39.0 Å². The van der Waals surface area contributed by atoms with Crippen LogP contribution in [0.5, 0.6) is 5.75 Å². The Morgan fingerprint density at radius 3 is 2.36 bits per heavy atom.